The van der Waals surface area contributed by atoms with Crippen LogP contribution in [-0.2, 0) is 13.2 Å². The monoisotopic (exact) mass is 268 g/mol. The summed E-state index contributed by atoms with van der Waals surface area (Å²) < 4.78 is 11.3. The summed E-state index contributed by atoms with van der Waals surface area (Å²) in [6, 6.07) is 15.7. The third-order valence-corrected chi connectivity index (χ3v) is 3.22. The van der Waals surface area contributed by atoms with Gasteiger partial charge in [-0.05, 0) is 48.4 Å². The van der Waals surface area contributed by atoms with Crippen molar-refractivity contribution in [3.8, 4) is 5.75 Å². The van der Waals surface area contributed by atoms with E-state index < -0.39 is 0 Å². The summed E-state index contributed by atoms with van der Waals surface area (Å²) in [5.41, 5.74) is 2.97. The molecular weight excluding hydrogens is 252 g/mol. The number of rotatable bonds is 4. The second kappa shape index (κ2) is 5.39. The molecule has 0 aliphatic heterocycles. The Balaban J connectivity index is 1.85. The predicted octanol–water partition coefficient (Wildman–Crippen LogP) is 3.81. The third kappa shape index (κ3) is 2.53. The maximum Gasteiger partial charge on any atom is 0.137 e. The molecule has 20 heavy (non-hydrogen) atoms. The largest absolute Gasteiger partial charge is 0.489 e. The lowest BCUT2D eigenvalue weighted by Gasteiger charge is -2.07. The lowest BCUT2D eigenvalue weighted by atomic mass is 10.1. The van der Waals surface area contributed by atoms with Crippen LogP contribution in [0.5, 0.6) is 5.75 Å². The molecule has 0 spiro atoms. The molecule has 3 nitrogen and oxygen atoms in total. The molecule has 2 aromatic carbocycles. The first-order chi connectivity index (χ1) is 9.76. The van der Waals surface area contributed by atoms with Crippen LogP contribution in [0, 0.1) is 6.92 Å². The van der Waals surface area contributed by atoms with E-state index in [1.807, 2.05) is 49.4 Å². The molecule has 1 heterocycles. The molecule has 0 unspecified atom stereocenters. The molecule has 0 aliphatic rings. The van der Waals surface area contributed by atoms with E-state index in [4.69, 9.17) is 14.3 Å². The zero-order chi connectivity index (χ0) is 13.9. The first-order valence-corrected chi connectivity index (χ1v) is 6.57. The van der Waals surface area contributed by atoms with Crippen molar-refractivity contribution in [1.82, 2.24) is 0 Å². The molecule has 1 N–H and O–H groups in total. The zero-order valence-corrected chi connectivity index (χ0v) is 11.3. The Bertz CT molecular complexity index is 714. The van der Waals surface area contributed by atoms with E-state index in [2.05, 4.69) is 6.07 Å². The van der Waals surface area contributed by atoms with Crippen molar-refractivity contribution in [2.45, 2.75) is 20.1 Å². The average Bonchev–Trinajstić information content (AvgIpc) is 2.90. The van der Waals surface area contributed by atoms with Gasteiger partial charge in [0, 0.05) is 5.39 Å². The summed E-state index contributed by atoms with van der Waals surface area (Å²) >= 11 is 0. The van der Waals surface area contributed by atoms with Gasteiger partial charge in [-0.2, -0.15) is 0 Å². The maximum absolute atomic E-state index is 9.13. The summed E-state index contributed by atoms with van der Waals surface area (Å²) in [6.45, 7) is 2.43. The second-order valence-electron chi connectivity index (χ2n) is 4.80. The molecule has 0 saturated heterocycles. The van der Waals surface area contributed by atoms with Crippen molar-refractivity contribution in [1.29, 1.82) is 0 Å². The second-order valence-corrected chi connectivity index (χ2v) is 4.80. The van der Waals surface area contributed by atoms with E-state index in [1.165, 1.54) is 0 Å². The summed E-state index contributed by atoms with van der Waals surface area (Å²) in [7, 11) is 0. The summed E-state index contributed by atoms with van der Waals surface area (Å²) in [5, 5.41) is 10.1. The molecule has 102 valence electrons. The lowest BCUT2D eigenvalue weighted by molar-refractivity contribution is 0.251. The van der Waals surface area contributed by atoms with E-state index >= 15 is 0 Å². The van der Waals surface area contributed by atoms with E-state index in [9.17, 15) is 0 Å². The highest BCUT2D eigenvalue weighted by atomic mass is 16.5. The Labute approximate surface area is 117 Å². The molecule has 0 aliphatic carbocycles. The topological polar surface area (TPSA) is 42.6 Å². The molecule has 0 amide bonds. The minimum atomic E-state index is -0.0794. The fourth-order valence-corrected chi connectivity index (χ4v) is 2.30. The minimum absolute atomic E-state index is 0.0794. The van der Waals surface area contributed by atoms with Crippen molar-refractivity contribution in [3.63, 3.8) is 0 Å². The Morgan fingerprint density at radius 3 is 2.65 bits per heavy atom. The van der Waals surface area contributed by atoms with Gasteiger partial charge in [-0.3, -0.25) is 0 Å². The highest BCUT2D eigenvalue weighted by Crippen LogP contribution is 2.25. The standard InChI is InChI=1S/C17H16O3/c1-12-7-13(11-19-15-5-3-2-4-6-15)8-14-9-16(10-18)20-17(12)14/h2-9,18H,10-11H2,1H3. The van der Waals surface area contributed by atoms with Crippen LogP contribution in [0.25, 0.3) is 11.0 Å². The number of aliphatic hydroxyl groups excluding tert-OH is 1. The smallest absolute Gasteiger partial charge is 0.137 e. The van der Waals surface area contributed by atoms with Crippen LogP contribution in [0.4, 0.5) is 0 Å². The number of fused-ring (bicyclic) bond motifs is 1. The van der Waals surface area contributed by atoms with Crippen molar-refractivity contribution in [2.75, 3.05) is 0 Å². The predicted molar refractivity (Wildman–Crippen MR) is 77.6 cm³/mol. The Morgan fingerprint density at radius 2 is 1.90 bits per heavy atom. The van der Waals surface area contributed by atoms with Crippen molar-refractivity contribution >= 4 is 11.0 Å². The number of aliphatic hydroxyl groups is 1. The zero-order valence-electron chi connectivity index (χ0n) is 11.3. The molecule has 3 aromatic rings. The summed E-state index contributed by atoms with van der Waals surface area (Å²) in [6.07, 6.45) is 0. The fraction of sp³-hybridized carbons (Fsp3) is 0.176. The molecule has 0 bridgehead atoms. The van der Waals surface area contributed by atoms with E-state index in [0.29, 0.717) is 12.4 Å². The van der Waals surface area contributed by atoms with Crippen LogP contribution in [0.2, 0.25) is 0 Å². The summed E-state index contributed by atoms with van der Waals surface area (Å²) in [4.78, 5) is 0. The molecule has 0 atom stereocenters. The summed E-state index contributed by atoms with van der Waals surface area (Å²) in [5.74, 6) is 1.44. The van der Waals surface area contributed by atoms with Crippen LogP contribution in [-0.4, -0.2) is 5.11 Å². The number of aryl methyl sites for hydroxylation is 1. The van der Waals surface area contributed by atoms with Gasteiger partial charge in [-0.25, -0.2) is 0 Å². The Kier molecular flexibility index (Phi) is 3.44. The number of hydrogen-bond donors (Lipinski definition) is 1. The van der Waals surface area contributed by atoms with Gasteiger partial charge in [0.2, 0.25) is 0 Å². The highest BCUT2D eigenvalue weighted by molar-refractivity contribution is 5.81. The van der Waals surface area contributed by atoms with Gasteiger partial charge >= 0.3 is 0 Å². The number of ether oxygens (including phenoxy) is 1. The molecule has 1 aromatic heterocycles. The first kappa shape index (κ1) is 12.8. The van der Waals surface area contributed by atoms with Crippen molar-refractivity contribution in [3.05, 3.63) is 65.4 Å². The van der Waals surface area contributed by atoms with E-state index in [0.717, 1.165) is 27.8 Å². The van der Waals surface area contributed by atoms with Gasteiger partial charge in [-0.15, -0.1) is 0 Å². The minimum Gasteiger partial charge on any atom is -0.489 e. The van der Waals surface area contributed by atoms with Crippen LogP contribution in [0.15, 0.2) is 52.9 Å². The van der Waals surface area contributed by atoms with Crippen LogP contribution >= 0.6 is 0 Å². The molecule has 3 heteroatoms. The molecule has 0 fully saturated rings. The van der Waals surface area contributed by atoms with Gasteiger partial charge < -0.3 is 14.3 Å². The molecule has 0 radical (unpaired) electrons. The normalized spacial score (nSPS) is 10.9. The van der Waals surface area contributed by atoms with Gasteiger partial charge in [0.05, 0.1) is 0 Å². The fourth-order valence-electron chi connectivity index (χ4n) is 2.30. The van der Waals surface area contributed by atoms with Gasteiger partial charge in [0.25, 0.3) is 0 Å². The maximum atomic E-state index is 9.13. The number of benzene rings is 2. The first-order valence-electron chi connectivity index (χ1n) is 6.57. The Morgan fingerprint density at radius 1 is 1.10 bits per heavy atom. The van der Waals surface area contributed by atoms with Gasteiger partial charge in [0.15, 0.2) is 0 Å². The quantitative estimate of drug-likeness (QED) is 0.782. The van der Waals surface area contributed by atoms with Crippen molar-refractivity contribution in [2.24, 2.45) is 0 Å². The third-order valence-electron chi connectivity index (χ3n) is 3.22. The average molecular weight is 268 g/mol. The van der Waals surface area contributed by atoms with E-state index in [1.54, 1.807) is 0 Å². The molecule has 0 saturated carbocycles. The Hall–Kier alpha value is -2.26. The van der Waals surface area contributed by atoms with Crippen LogP contribution in [0.1, 0.15) is 16.9 Å². The lowest BCUT2D eigenvalue weighted by Crippen LogP contribution is -1.95. The van der Waals surface area contributed by atoms with Gasteiger partial charge in [0.1, 0.15) is 30.3 Å². The number of furan rings is 1. The van der Waals surface area contributed by atoms with Crippen molar-refractivity contribution < 1.29 is 14.3 Å². The number of hydrogen-bond acceptors (Lipinski definition) is 3. The molecule has 3 rings (SSSR count). The van der Waals surface area contributed by atoms with Crippen LogP contribution < -0.4 is 4.74 Å². The SMILES string of the molecule is Cc1cc(COc2ccccc2)cc2cc(CO)oc12. The van der Waals surface area contributed by atoms with E-state index in [-0.39, 0.29) is 6.61 Å². The van der Waals surface area contributed by atoms with Gasteiger partial charge in [-0.1, -0.05) is 18.2 Å². The molecular formula is C17H16O3. The van der Waals surface area contributed by atoms with Crippen LogP contribution in [0.3, 0.4) is 0 Å². The number of para-hydroxylation sites is 1. The highest BCUT2D eigenvalue weighted by Gasteiger charge is 2.08.